The molecule has 4 atom stereocenters. The van der Waals surface area contributed by atoms with Crippen molar-refractivity contribution in [3.8, 4) is 0 Å². The molecule has 0 heterocycles. The fourth-order valence-corrected chi connectivity index (χ4v) is 3.34. The van der Waals surface area contributed by atoms with Gasteiger partial charge in [0.05, 0.1) is 0 Å². The van der Waals surface area contributed by atoms with E-state index in [1.807, 2.05) is 0 Å². The van der Waals surface area contributed by atoms with E-state index in [1.165, 1.54) is 0 Å². The number of fused-ring (bicyclic) bond motifs is 4. The summed E-state index contributed by atoms with van der Waals surface area (Å²) >= 11 is 0. The molecule has 15 heavy (non-hydrogen) atoms. The Morgan fingerprint density at radius 2 is 1.20 bits per heavy atom. The van der Waals surface area contributed by atoms with Crippen LogP contribution in [0.2, 0.25) is 0 Å². The summed E-state index contributed by atoms with van der Waals surface area (Å²) in [6.45, 7) is 0. The van der Waals surface area contributed by atoms with E-state index in [0.29, 0.717) is 0 Å². The Morgan fingerprint density at radius 1 is 0.800 bits per heavy atom. The van der Waals surface area contributed by atoms with Crippen LogP contribution in [0, 0.1) is 23.7 Å². The van der Waals surface area contributed by atoms with Crippen LogP contribution in [0.1, 0.15) is 32.1 Å². The minimum absolute atomic E-state index is 0.0170. The Morgan fingerprint density at radius 3 is 1.53 bits per heavy atom. The van der Waals surface area contributed by atoms with E-state index >= 15 is 0 Å². The maximum absolute atomic E-state index is 11.0. The smallest absolute Gasteiger partial charge is 0.0454 e. The van der Waals surface area contributed by atoms with Gasteiger partial charge in [0.15, 0.2) is 0 Å². The number of carbonyl (C=O) groups is 2. The molecular formula is C11H14O4-2. The van der Waals surface area contributed by atoms with E-state index in [1.54, 1.807) is 0 Å². The molecule has 0 amide bonds. The van der Waals surface area contributed by atoms with Crippen molar-refractivity contribution in [3.63, 3.8) is 0 Å². The lowest BCUT2D eigenvalue weighted by atomic mass is 9.68. The highest BCUT2D eigenvalue weighted by Crippen LogP contribution is 2.46. The monoisotopic (exact) mass is 210 g/mol. The standard InChI is InChI=1S/C11H16O4/c12-10(13)8-6-2-1-3-7(5-4-6)9(8)11(14)15/h6-9H,1-5H2,(H,12,13)(H,14,15)/p-2/t6-,7-,8-,9+/m1/s1. The van der Waals surface area contributed by atoms with E-state index in [4.69, 9.17) is 0 Å². The molecule has 0 aliphatic heterocycles. The quantitative estimate of drug-likeness (QED) is 0.581. The summed E-state index contributed by atoms with van der Waals surface area (Å²) in [6, 6.07) is 0. The average molecular weight is 210 g/mol. The van der Waals surface area contributed by atoms with Crippen LogP contribution in [-0.2, 0) is 9.59 Å². The fourth-order valence-electron chi connectivity index (χ4n) is 3.34. The minimum Gasteiger partial charge on any atom is -0.550 e. The third-order valence-electron chi connectivity index (χ3n) is 4.01. The molecule has 3 rings (SSSR count). The van der Waals surface area contributed by atoms with Gasteiger partial charge in [-0.25, -0.2) is 0 Å². The van der Waals surface area contributed by atoms with Crippen molar-refractivity contribution < 1.29 is 19.8 Å². The van der Waals surface area contributed by atoms with Crippen molar-refractivity contribution in [2.45, 2.75) is 32.1 Å². The van der Waals surface area contributed by atoms with Crippen LogP contribution in [0.4, 0.5) is 0 Å². The number of carbonyl (C=O) groups excluding carboxylic acids is 2. The number of carboxylic acid groups (broad SMARTS) is 2. The van der Waals surface area contributed by atoms with Gasteiger partial charge in [-0.05, 0) is 37.5 Å². The molecule has 0 aromatic carbocycles. The van der Waals surface area contributed by atoms with Gasteiger partial charge in [0, 0.05) is 23.8 Å². The maximum Gasteiger partial charge on any atom is 0.0454 e. The van der Waals surface area contributed by atoms with Crippen LogP contribution in [0.25, 0.3) is 0 Å². The molecule has 0 aromatic rings. The zero-order valence-electron chi connectivity index (χ0n) is 8.48. The third kappa shape index (κ3) is 1.73. The highest BCUT2D eigenvalue weighted by Gasteiger charge is 2.42. The van der Waals surface area contributed by atoms with Crippen molar-refractivity contribution in [1.29, 1.82) is 0 Å². The van der Waals surface area contributed by atoms with Crippen LogP contribution in [0.3, 0.4) is 0 Å². The number of carboxylic acids is 2. The van der Waals surface area contributed by atoms with Gasteiger partial charge >= 0.3 is 0 Å². The predicted octanol–water partition coefficient (Wildman–Crippen LogP) is -1.07. The Bertz CT molecular complexity index is 254. The Hall–Kier alpha value is -1.06. The second kappa shape index (κ2) is 3.83. The summed E-state index contributed by atoms with van der Waals surface area (Å²) < 4.78 is 0. The second-order valence-electron chi connectivity index (χ2n) is 4.72. The first-order valence-corrected chi connectivity index (χ1v) is 5.53. The molecule has 4 heteroatoms. The molecule has 0 aromatic heterocycles. The highest BCUT2D eigenvalue weighted by atomic mass is 16.4. The van der Waals surface area contributed by atoms with Crippen LogP contribution in [0.15, 0.2) is 0 Å². The Labute approximate surface area is 88.3 Å². The summed E-state index contributed by atoms with van der Waals surface area (Å²) in [5, 5.41) is 22.0. The average Bonchev–Trinajstić information content (AvgIpc) is 2.48. The van der Waals surface area contributed by atoms with Crippen LogP contribution in [-0.4, -0.2) is 11.9 Å². The summed E-state index contributed by atoms with van der Waals surface area (Å²) in [5.74, 6) is -4.10. The van der Waals surface area contributed by atoms with Gasteiger partial charge in [0.2, 0.25) is 0 Å². The van der Waals surface area contributed by atoms with Gasteiger partial charge in [-0.3, -0.25) is 0 Å². The fraction of sp³-hybridized carbons (Fsp3) is 0.818. The van der Waals surface area contributed by atoms with Gasteiger partial charge in [0.1, 0.15) is 0 Å². The third-order valence-corrected chi connectivity index (χ3v) is 4.01. The van der Waals surface area contributed by atoms with Crippen molar-refractivity contribution in [3.05, 3.63) is 0 Å². The van der Waals surface area contributed by atoms with Gasteiger partial charge < -0.3 is 19.8 Å². The van der Waals surface area contributed by atoms with E-state index < -0.39 is 23.8 Å². The van der Waals surface area contributed by atoms with Crippen LogP contribution in [0.5, 0.6) is 0 Å². The van der Waals surface area contributed by atoms with Gasteiger partial charge in [0.25, 0.3) is 0 Å². The molecule has 3 fully saturated rings. The molecule has 0 spiro atoms. The summed E-state index contributed by atoms with van der Waals surface area (Å²) in [4.78, 5) is 22.0. The topological polar surface area (TPSA) is 80.3 Å². The normalized spacial score (nSPS) is 39.7. The lowest BCUT2D eigenvalue weighted by Crippen LogP contribution is -2.51. The molecule has 2 bridgehead atoms. The minimum atomic E-state index is -1.21. The molecule has 3 aliphatic rings. The number of hydrogen-bond donors (Lipinski definition) is 0. The zero-order chi connectivity index (χ0) is 11.0. The van der Waals surface area contributed by atoms with Crippen LogP contribution < -0.4 is 10.2 Å². The lowest BCUT2D eigenvalue weighted by molar-refractivity contribution is -0.332. The second-order valence-corrected chi connectivity index (χ2v) is 4.72. The molecule has 0 N–H and O–H groups in total. The highest BCUT2D eigenvalue weighted by molar-refractivity contribution is 5.78. The van der Waals surface area contributed by atoms with Crippen molar-refractivity contribution >= 4 is 11.9 Å². The maximum atomic E-state index is 11.0. The first-order chi connectivity index (χ1) is 7.11. The van der Waals surface area contributed by atoms with Gasteiger partial charge in [-0.2, -0.15) is 0 Å². The van der Waals surface area contributed by atoms with E-state index in [0.717, 1.165) is 32.1 Å². The predicted molar refractivity (Wildman–Crippen MR) is 47.1 cm³/mol. The molecule has 3 saturated carbocycles. The van der Waals surface area contributed by atoms with Crippen molar-refractivity contribution in [2.24, 2.45) is 23.7 Å². The van der Waals surface area contributed by atoms with E-state index in [-0.39, 0.29) is 11.8 Å². The molecule has 0 saturated heterocycles. The zero-order valence-corrected chi connectivity index (χ0v) is 8.48. The summed E-state index contributed by atoms with van der Waals surface area (Å²) in [5.41, 5.74) is 0. The molecule has 4 nitrogen and oxygen atoms in total. The van der Waals surface area contributed by atoms with Crippen LogP contribution >= 0.6 is 0 Å². The molecule has 0 radical (unpaired) electrons. The number of aliphatic carboxylic acids is 2. The Balaban J connectivity index is 2.31. The Kier molecular flexibility index (Phi) is 2.67. The summed E-state index contributed by atoms with van der Waals surface area (Å²) in [6.07, 6.45) is 4.22. The van der Waals surface area contributed by atoms with Crippen molar-refractivity contribution in [2.75, 3.05) is 0 Å². The number of hydrogen-bond acceptors (Lipinski definition) is 4. The van der Waals surface area contributed by atoms with Gasteiger partial charge in [-0.1, -0.05) is 6.42 Å². The first-order valence-electron chi connectivity index (χ1n) is 5.53. The van der Waals surface area contributed by atoms with E-state index in [9.17, 15) is 19.8 Å². The van der Waals surface area contributed by atoms with E-state index in [2.05, 4.69) is 0 Å². The number of rotatable bonds is 2. The lowest BCUT2D eigenvalue weighted by Gasteiger charge is -2.41. The summed E-state index contributed by atoms with van der Waals surface area (Å²) in [7, 11) is 0. The van der Waals surface area contributed by atoms with Gasteiger partial charge in [-0.15, -0.1) is 0 Å². The van der Waals surface area contributed by atoms with Crippen molar-refractivity contribution in [1.82, 2.24) is 0 Å². The molecule has 0 unspecified atom stereocenters. The molecule has 84 valence electrons. The largest absolute Gasteiger partial charge is 0.550 e. The molecule has 3 aliphatic carbocycles. The molecular weight excluding hydrogens is 196 g/mol. The SMILES string of the molecule is O=C([O-])[C@@H]1[C@@H]2CCC[C@H](CC2)[C@@H]1C(=O)[O-]. The first kappa shape index (κ1) is 10.5.